The van der Waals surface area contributed by atoms with E-state index in [4.69, 9.17) is 0 Å². The van der Waals surface area contributed by atoms with Gasteiger partial charge in [0.2, 0.25) is 17.7 Å². The van der Waals surface area contributed by atoms with Crippen LogP contribution in [0.3, 0.4) is 0 Å². The fourth-order valence-corrected chi connectivity index (χ4v) is 10.6. The van der Waals surface area contributed by atoms with Crippen LogP contribution in [-0.4, -0.2) is 73.3 Å². The summed E-state index contributed by atoms with van der Waals surface area (Å²) in [5, 5.41) is 16.6. The van der Waals surface area contributed by atoms with E-state index in [0.29, 0.717) is 19.4 Å². The van der Waals surface area contributed by atoms with Crippen LogP contribution in [0.15, 0.2) is 0 Å². The Morgan fingerprint density at radius 1 is 1.22 bits per heavy atom. The average molecular weight is 589 g/mol. The van der Waals surface area contributed by atoms with Gasteiger partial charge in [0.05, 0.1) is 29.2 Å². The summed E-state index contributed by atoms with van der Waals surface area (Å²) in [6.45, 7) is 17.0. The van der Waals surface area contributed by atoms with E-state index < -0.39 is 34.2 Å². The molecule has 3 rings (SSSR count). The summed E-state index contributed by atoms with van der Waals surface area (Å²) in [6, 6.07) is -1.20. The second-order valence-electron chi connectivity index (χ2n) is 13.3. The standard InChI is InChI=1S/C27H46BrN3O4S/c1-9-10-29-22(33)18-19-24(35)31(16(13-32)11-15(2)3)21(27(19)12-17(28)20(18)36-27)23(34)30-26(7,8)14-25(4,5)6/h15-21,32H,9-14H2,1-8H3,(H,29,33)(H,30,34)/t16-,17?,18-,19+,20-,21?,27?/m1/s1. The van der Waals surface area contributed by atoms with E-state index in [-0.39, 0.29) is 45.7 Å². The lowest BCUT2D eigenvalue weighted by Gasteiger charge is -2.41. The predicted molar refractivity (Wildman–Crippen MR) is 149 cm³/mol. The summed E-state index contributed by atoms with van der Waals surface area (Å²) in [5.41, 5.74) is -0.462. The highest BCUT2D eigenvalue weighted by Crippen LogP contribution is 2.68. The molecule has 9 heteroatoms. The van der Waals surface area contributed by atoms with Crippen molar-refractivity contribution in [3.8, 4) is 0 Å². The molecule has 0 aliphatic carbocycles. The third-order valence-electron chi connectivity index (χ3n) is 7.61. The lowest BCUT2D eigenvalue weighted by molar-refractivity contribution is -0.143. The highest BCUT2D eigenvalue weighted by molar-refractivity contribution is 9.09. The molecule has 0 aromatic heterocycles. The van der Waals surface area contributed by atoms with Gasteiger partial charge in [0.15, 0.2) is 0 Å². The fraction of sp³-hybridized carbons (Fsp3) is 0.889. The van der Waals surface area contributed by atoms with E-state index in [1.807, 2.05) is 20.8 Å². The number of hydrogen-bond acceptors (Lipinski definition) is 5. The number of alkyl halides is 1. The van der Waals surface area contributed by atoms with Crippen molar-refractivity contribution in [3.63, 3.8) is 0 Å². The maximum atomic E-state index is 14.2. The predicted octanol–water partition coefficient (Wildman–Crippen LogP) is 3.72. The summed E-state index contributed by atoms with van der Waals surface area (Å²) >= 11 is 5.45. The van der Waals surface area contributed by atoms with Crippen LogP contribution >= 0.6 is 27.7 Å². The van der Waals surface area contributed by atoms with Gasteiger partial charge in [-0.1, -0.05) is 57.5 Å². The number of rotatable bonds is 10. The third kappa shape index (κ3) is 5.63. The molecule has 0 saturated carbocycles. The summed E-state index contributed by atoms with van der Waals surface area (Å²) in [5.74, 6) is -1.25. The van der Waals surface area contributed by atoms with E-state index in [9.17, 15) is 19.5 Å². The highest BCUT2D eigenvalue weighted by atomic mass is 79.9. The molecule has 0 aromatic rings. The van der Waals surface area contributed by atoms with Crippen LogP contribution in [0.1, 0.15) is 81.1 Å². The van der Waals surface area contributed by atoms with Gasteiger partial charge < -0.3 is 20.6 Å². The first kappa shape index (κ1) is 29.8. The van der Waals surface area contributed by atoms with Crippen LogP contribution in [0.25, 0.3) is 0 Å². The van der Waals surface area contributed by atoms with Crippen molar-refractivity contribution in [2.75, 3.05) is 13.2 Å². The number of carbonyl (C=O) groups excluding carboxylic acids is 3. The molecule has 3 aliphatic heterocycles. The van der Waals surface area contributed by atoms with E-state index in [1.54, 1.807) is 16.7 Å². The molecule has 1 spiro atoms. The number of carbonyl (C=O) groups is 3. The van der Waals surface area contributed by atoms with Crippen molar-refractivity contribution >= 4 is 45.4 Å². The molecule has 7 atom stereocenters. The van der Waals surface area contributed by atoms with Gasteiger partial charge in [0.25, 0.3) is 0 Å². The minimum atomic E-state index is -0.732. The van der Waals surface area contributed by atoms with Gasteiger partial charge in [-0.2, -0.15) is 0 Å². The zero-order valence-electron chi connectivity index (χ0n) is 23.2. The minimum absolute atomic E-state index is 0.0119. The number of halogens is 1. The number of likely N-dealkylation sites (tertiary alicyclic amines) is 1. The van der Waals surface area contributed by atoms with Crippen LogP contribution in [-0.2, 0) is 14.4 Å². The van der Waals surface area contributed by atoms with E-state index in [0.717, 1.165) is 12.8 Å². The van der Waals surface area contributed by atoms with Gasteiger partial charge >= 0.3 is 0 Å². The molecule has 3 aliphatic rings. The Balaban J connectivity index is 2.05. The van der Waals surface area contributed by atoms with Crippen LogP contribution in [0.4, 0.5) is 0 Å². The number of aliphatic hydroxyl groups is 1. The van der Waals surface area contributed by atoms with Gasteiger partial charge in [-0.3, -0.25) is 14.4 Å². The first-order valence-corrected chi connectivity index (χ1v) is 15.2. The van der Waals surface area contributed by atoms with Crippen molar-refractivity contribution in [3.05, 3.63) is 0 Å². The second-order valence-corrected chi connectivity index (χ2v) is 16.0. The van der Waals surface area contributed by atoms with E-state index in [1.165, 1.54) is 0 Å². The lowest BCUT2D eigenvalue weighted by atomic mass is 9.70. The Labute approximate surface area is 229 Å². The third-order valence-corrected chi connectivity index (χ3v) is 10.8. The van der Waals surface area contributed by atoms with Gasteiger partial charge in [-0.25, -0.2) is 0 Å². The van der Waals surface area contributed by atoms with Gasteiger partial charge in [-0.15, -0.1) is 11.8 Å². The fourth-order valence-electron chi connectivity index (χ4n) is 7.02. The highest BCUT2D eigenvalue weighted by Gasteiger charge is 2.76. The number of aliphatic hydroxyl groups excluding tert-OH is 1. The SMILES string of the molecule is CCCNC(=O)[C@H]1[C@@H]2SC3(CC2Br)C(C(=O)NC(C)(C)CC(C)(C)C)N([C@@H](CO)CC(C)C)C(=O)[C@H]13. The Bertz CT molecular complexity index is 860. The second kappa shape index (κ2) is 10.8. The molecule has 3 fully saturated rings. The van der Waals surface area contributed by atoms with Crippen LogP contribution in [0, 0.1) is 23.2 Å². The molecule has 3 amide bonds. The molecule has 3 heterocycles. The van der Waals surface area contributed by atoms with Crippen molar-refractivity contribution in [1.82, 2.24) is 15.5 Å². The maximum Gasteiger partial charge on any atom is 0.244 e. The first-order chi connectivity index (χ1) is 16.6. The summed E-state index contributed by atoms with van der Waals surface area (Å²) < 4.78 is -0.698. The molecule has 0 aromatic carbocycles. The molecule has 7 nitrogen and oxygen atoms in total. The number of nitrogens with one attached hydrogen (secondary N) is 2. The molecule has 36 heavy (non-hydrogen) atoms. The van der Waals surface area contributed by atoms with Gasteiger partial charge in [-0.05, 0) is 50.9 Å². The maximum absolute atomic E-state index is 14.2. The van der Waals surface area contributed by atoms with E-state index >= 15 is 0 Å². The van der Waals surface area contributed by atoms with E-state index in [2.05, 4.69) is 61.2 Å². The zero-order valence-corrected chi connectivity index (χ0v) is 25.6. The Morgan fingerprint density at radius 3 is 2.39 bits per heavy atom. The van der Waals surface area contributed by atoms with Crippen LogP contribution < -0.4 is 10.6 Å². The average Bonchev–Trinajstić information content (AvgIpc) is 3.31. The van der Waals surface area contributed by atoms with Crippen molar-refractivity contribution in [2.24, 2.45) is 23.2 Å². The molecule has 206 valence electrons. The first-order valence-electron chi connectivity index (χ1n) is 13.4. The number of hydrogen-bond donors (Lipinski definition) is 3. The van der Waals surface area contributed by atoms with Gasteiger partial charge in [0.1, 0.15) is 6.04 Å². The quantitative estimate of drug-likeness (QED) is 0.338. The summed E-state index contributed by atoms with van der Waals surface area (Å²) in [7, 11) is 0. The molecule has 3 N–H and O–H groups in total. The molecule has 0 radical (unpaired) electrons. The monoisotopic (exact) mass is 587 g/mol. The summed E-state index contributed by atoms with van der Waals surface area (Å²) in [6.07, 6.45) is 2.83. The molecular weight excluding hydrogens is 542 g/mol. The molecular formula is C27H46BrN3O4S. The largest absolute Gasteiger partial charge is 0.394 e. The number of thioether (sulfide) groups is 1. The topological polar surface area (TPSA) is 98.7 Å². The Morgan fingerprint density at radius 2 is 1.86 bits per heavy atom. The molecule has 3 saturated heterocycles. The zero-order chi connectivity index (χ0) is 27.2. The van der Waals surface area contributed by atoms with Crippen LogP contribution in [0.5, 0.6) is 0 Å². The Hall–Kier alpha value is -0.800. The van der Waals surface area contributed by atoms with Gasteiger partial charge in [0, 0.05) is 22.2 Å². The number of nitrogens with zero attached hydrogens (tertiary/aromatic N) is 1. The van der Waals surface area contributed by atoms with Crippen LogP contribution in [0.2, 0.25) is 0 Å². The Kier molecular flexibility index (Phi) is 8.89. The minimum Gasteiger partial charge on any atom is -0.394 e. The summed E-state index contributed by atoms with van der Waals surface area (Å²) in [4.78, 5) is 43.4. The van der Waals surface area contributed by atoms with Crippen molar-refractivity contribution in [1.29, 1.82) is 0 Å². The lowest BCUT2D eigenvalue weighted by Crippen LogP contribution is -2.60. The van der Waals surface area contributed by atoms with Crippen molar-refractivity contribution in [2.45, 2.75) is 114 Å². The molecule has 3 unspecified atom stereocenters. The number of fused-ring (bicyclic) bond motifs is 1. The van der Waals surface area contributed by atoms with Crippen molar-refractivity contribution < 1.29 is 19.5 Å². The number of amides is 3. The smallest absolute Gasteiger partial charge is 0.244 e. The normalized spacial score (nSPS) is 32.7. The molecule has 2 bridgehead atoms.